The van der Waals surface area contributed by atoms with Crippen molar-refractivity contribution >= 4 is 64.0 Å². The van der Waals surface area contributed by atoms with Gasteiger partial charge in [0, 0.05) is 6.42 Å². The average molecular weight is 465 g/mol. The lowest BCUT2D eigenvalue weighted by Crippen LogP contribution is -2.21. The molecule has 0 spiro atoms. The van der Waals surface area contributed by atoms with Crippen LogP contribution in [-0.2, 0) is 9.53 Å². The lowest BCUT2D eigenvalue weighted by Gasteiger charge is -2.12. The van der Waals surface area contributed by atoms with Crippen molar-refractivity contribution in [1.29, 1.82) is 0 Å². The Bertz CT molecular complexity index is 908. The fourth-order valence-electron chi connectivity index (χ4n) is 2.36. The zero-order valence-electron chi connectivity index (χ0n) is 14.2. The minimum atomic E-state index is -0.702. The predicted molar refractivity (Wildman–Crippen MR) is 107 cm³/mol. The number of carbonyl (C=O) groups excluding carboxylic acids is 2. The van der Waals surface area contributed by atoms with Crippen LogP contribution < -0.4 is 14.8 Å². The third-order valence-corrected chi connectivity index (χ3v) is 5.27. The molecule has 1 N–H and O–H groups in total. The van der Waals surface area contributed by atoms with Crippen molar-refractivity contribution in [2.45, 2.75) is 6.42 Å². The fraction of sp³-hybridized carbons (Fsp3) is 0.222. The summed E-state index contributed by atoms with van der Waals surface area (Å²) in [6.07, 6.45) is 0.743. The standard InChI is InChI=1S/C18H13Cl4NO5/c19-10-7-11(20)16(22)17(15(10)21)23-14(24)8-28-18(25)9-2-3-12-13(6-9)27-5-1-4-26-12/h2-3,6-7H,1,4-5,8H2,(H,23,24). The van der Waals surface area contributed by atoms with Crippen molar-refractivity contribution in [3.63, 3.8) is 0 Å². The fourth-order valence-corrected chi connectivity index (χ4v) is 3.27. The molecule has 0 saturated carbocycles. The predicted octanol–water partition coefficient (Wildman–Crippen LogP) is 5.26. The third kappa shape index (κ3) is 4.75. The van der Waals surface area contributed by atoms with Crippen LogP contribution in [0, 0.1) is 0 Å². The first-order valence-electron chi connectivity index (χ1n) is 8.06. The second-order valence-corrected chi connectivity index (χ2v) is 7.25. The van der Waals surface area contributed by atoms with Crippen molar-refractivity contribution < 1.29 is 23.8 Å². The highest BCUT2D eigenvalue weighted by Crippen LogP contribution is 2.41. The summed E-state index contributed by atoms with van der Waals surface area (Å²) in [6.45, 7) is 0.456. The number of nitrogens with one attached hydrogen (secondary N) is 1. The number of fused-ring (bicyclic) bond motifs is 1. The van der Waals surface area contributed by atoms with Gasteiger partial charge in [0.25, 0.3) is 5.91 Å². The highest BCUT2D eigenvalue weighted by Gasteiger charge is 2.19. The van der Waals surface area contributed by atoms with E-state index in [2.05, 4.69) is 5.32 Å². The van der Waals surface area contributed by atoms with E-state index in [4.69, 9.17) is 60.6 Å². The molecular weight excluding hydrogens is 452 g/mol. The Hall–Kier alpha value is -1.86. The van der Waals surface area contributed by atoms with Crippen LogP contribution in [-0.4, -0.2) is 31.7 Å². The molecule has 0 bridgehead atoms. The number of benzene rings is 2. The monoisotopic (exact) mass is 463 g/mol. The topological polar surface area (TPSA) is 73.9 Å². The maximum Gasteiger partial charge on any atom is 0.338 e. The van der Waals surface area contributed by atoms with Gasteiger partial charge in [-0.1, -0.05) is 46.4 Å². The number of amides is 1. The molecule has 1 heterocycles. The number of carbonyl (C=O) groups is 2. The Labute approximate surface area is 180 Å². The molecule has 0 atom stereocenters. The molecule has 1 aliphatic rings. The Morgan fingerprint density at radius 3 is 2.29 bits per heavy atom. The van der Waals surface area contributed by atoms with E-state index in [-0.39, 0.29) is 31.3 Å². The second kappa shape index (κ2) is 9.09. The molecule has 0 aromatic heterocycles. The van der Waals surface area contributed by atoms with Crippen molar-refractivity contribution in [3.8, 4) is 11.5 Å². The van der Waals surface area contributed by atoms with Crippen LogP contribution >= 0.6 is 46.4 Å². The van der Waals surface area contributed by atoms with E-state index in [9.17, 15) is 9.59 Å². The van der Waals surface area contributed by atoms with Crippen molar-refractivity contribution in [2.24, 2.45) is 0 Å². The molecule has 3 rings (SSSR count). The largest absolute Gasteiger partial charge is 0.490 e. The van der Waals surface area contributed by atoms with Gasteiger partial charge in [-0.2, -0.15) is 0 Å². The number of esters is 1. The molecule has 1 amide bonds. The molecular formula is C18H13Cl4NO5. The summed E-state index contributed by atoms with van der Waals surface area (Å²) in [7, 11) is 0. The normalized spacial score (nSPS) is 12.9. The van der Waals surface area contributed by atoms with Gasteiger partial charge in [0.2, 0.25) is 0 Å². The molecule has 2 aromatic rings. The van der Waals surface area contributed by atoms with E-state index in [0.29, 0.717) is 24.7 Å². The zero-order valence-corrected chi connectivity index (χ0v) is 17.2. The smallest absolute Gasteiger partial charge is 0.338 e. The van der Waals surface area contributed by atoms with E-state index in [1.165, 1.54) is 18.2 Å². The average Bonchev–Trinajstić information content (AvgIpc) is 2.92. The Balaban J connectivity index is 1.64. The van der Waals surface area contributed by atoms with Gasteiger partial charge in [-0.05, 0) is 24.3 Å². The van der Waals surface area contributed by atoms with Crippen LogP contribution in [0.25, 0.3) is 0 Å². The number of hydrogen-bond acceptors (Lipinski definition) is 5. The maximum absolute atomic E-state index is 12.2. The van der Waals surface area contributed by atoms with Crippen LogP contribution in [0.1, 0.15) is 16.8 Å². The van der Waals surface area contributed by atoms with E-state index < -0.39 is 18.5 Å². The van der Waals surface area contributed by atoms with Crippen molar-refractivity contribution in [3.05, 3.63) is 49.9 Å². The van der Waals surface area contributed by atoms with Gasteiger partial charge in [-0.15, -0.1) is 0 Å². The first kappa shape index (κ1) is 20.9. The van der Waals surface area contributed by atoms with Gasteiger partial charge in [-0.3, -0.25) is 4.79 Å². The van der Waals surface area contributed by atoms with Gasteiger partial charge < -0.3 is 19.5 Å². The summed E-state index contributed by atoms with van der Waals surface area (Å²) in [4.78, 5) is 24.3. The maximum atomic E-state index is 12.2. The minimum absolute atomic E-state index is 0.0265. The van der Waals surface area contributed by atoms with Crippen LogP contribution in [0.3, 0.4) is 0 Å². The Morgan fingerprint density at radius 1 is 0.964 bits per heavy atom. The van der Waals surface area contributed by atoms with E-state index in [0.717, 1.165) is 6.42 Å². The van der Waals surface area contributed by atoms with E-state index >= 15 is 0 Å². The van der Waals surface area contributed by atoms with Gasteiger partial charge in [0.15, 0.2) is 18.1 Å². The molecule has 6 nitrogen and oxygen atoms in total. The molecule has 0 radical (unpaired) electrons. The summed E-state index contributed by atoms with van der Waals surface area (Å²) in [6, 6.07) is 6.00. The lowest BCUT2D eigenvalue weighted by atomic mass is 10.2. The van der Waals surface area contributed by atoms with Gasteiger partial charge in [-0.25, -0.2) is 4.79 Å². The highest BCUT2D eigenvalue weighted by molar-refractivity contribution is 6.50. The summed E-state index contributed by atoms with van der Waals surface area (Å²) >= 11 is 23.9. The molecule has 1 aliphatic heterocycles. The number of anilines is 1. The Morgan fingerprint density at radius 2 is 1.61 bits per heavy atom. The molecule has 0 fully saturated rings. The number of halogens is 4. The molecule has 0 unspecified atom stereocenters. The molecule has 2 aromatic carbocycles. The third-order valence-electron chi connectivity index (χ3n) is 3.69. The van der Waals surface area contributed by atoms with Gasteiger partial charge >= 0.3 is 5.97 Å². The Kier molecular flexibility index (Phi) is 6.78. The second-order valence-electron chi connectivity index (χ2n) is 5.68. The SMILES string of the molecule is O=C(COC(=O)c1ccc2c(c1)OCCCO2)Nc1c(Cl)c(Cl)cc(Cl)c1Cl. The highest BCUT2D eigenvalue weighted by atomic mass is 35.5. The minimum Gasteiger partial charge on any atom is -0.490 e. The molecule has 28 heavy (non-hydrogen) atoms. The lowest BCUT2D eigenvalue weighted by molar-refractivity contribution is -0.119. The van der Waals surface area contributed by atoms with Crippen LogP contribution in [0.15, 0.2) is 24.3 Å². The van der Waals surface area contributed by atoms with Crippen LogP contribution in [0.2, 0.25) is 20.1 Å². The quantitative estimate of drug-likeness (QED) is 0.493. The van der Waals surface area contributed by atoms with Gasteiger partial charge in [0.05, 0.1) is 44.6 Å². The van der Waals surface area contributed by atoms with E-state index in [1.54, 1.807) is 6.07 Å². The summed E-state index contributed by atoms with van der Waals surface area (Å²) in [5.74, 6) is -0.366. The van der Waals surface area contributed by atoms with Crippen molar-refractivity contribution in [1.82, 2.24) is 0 Å². The first-order chi connectivity index (χ1) is 13.4. The summed E-state index contributed by atoms with van der Waals surface area (Å²) in [5.41, 5.74) is 0.261. The summed E-state index contributed by atoms with van der Waals surface area (Å²) < 4.78 is 16.1. The number of ether oxygens (including phenoxy) is 3. The molecule has 0 saturated heterocycles. The van der Waals surface area contributed by atoms with Gasteiger partial charge in [0.1, 0.15) is 0 Å². The van der Waals surface area contributed by atoms with Crippen LogP contribution in [0.5, 0.6) is 11.5 Å². The summed E-state index contributed by atoms with van der Waals surface area (Å²) in [5, 5.41) is 2.73. The van der Waals surface area contributed by atoms with Crippen LogP contribution in [0.4, 0.5) is 5.69 Å². The zero-order chi connectivity index (χ0) is 20.3. The molecule has 0 aliphatic carbocycles. The molecule has 10 heteroatoms. The van der Waals surface area contributed by atoms with E-state index in [1.807, 2.05) is 0 Å². The number of hydrogen-bond donors (Lipinski definition) is 1. The number of rotatable bonds is 4. The van der Waals surface area contributed by atoms with Crippen molar-refractivity contribution in [2.75, 3.05) is 25.1 Å². The first-order valence-corrected chi connectivity index (χ1v) is 9.57. The molecule has 148 valence electrons.